The van der Waals surface area contributed by atoms with Crippen LogP contribution in [0.3, 0.4) is 0 Å². The maximum absolute atomic E-state index is 10.7. The Labute approximate surface area is 147 Å². The van der Waals surface area contributed by atoms with Crippen molar-refractivity contribution in [2.45, 2.75) is 83.3 Å². The Bertz CT molecular complexity index is 510. The summed E-state index contributed by atoms with van der Waals surface area (Å²) in [6, 6.07) is 0. The van der Waals surface area contributed by atoms with Gasteiger partial charge in [-0.05, 0) is 18.9 Å². The van der Waals surface area contributed by atoms with E-state index in [4.69, 9.17) is 13.6 Å². The van der Waals surface area contributed by atoms with Gasteiger partial charge in [0, 0.05) is 10.1 Å². The smallest absolute Gasteiger partial charge is 0.349 e. The maximum Gasteiger partial charge on any atom is 0.349 e. The van der Waals surface area contributed by atoms with Crippen molar-refractivity contribution in [1.29, 1.82) is 0 Å². The summed E-state index contributed by atoms with van der Waals surface area (Å²) in [5.74, 6) is 0. The Balaban J connectivity index is 2.16. The summed E-state index contributed by atoms with van der Waals surface area (Å²) in [5.41, 5.74) is 0.733. The van der Waals surface area contributed by atoms with Crippen molar-refractivity contribution >= 4 is 14.8 Å². The number of hydrogen-bond acceptors (Lipinski definition) is 4. The van der Waals surface area contributed by atoms with Gasteiger partial charge in [0.15, 0.2) is 0 Å². The van der Waals surface area contributed by atoms with Crippen LogP contribution in [0.1, 0.15) is 54.9 Å². The third kappa shape index (κ3) is 3.74. The molecular formula is C19H32O4Si. The SMILES string of the molecule is C/C(C=O)=C\C[C@H]1C=C[C@@H]2O[Si](C(C)(C)C)(C(C)(C)C)OC[C@H]2O1. The monoisotopic (exact) mass is 352 g/mol. The molecule has 0 unspecified atom stereocenters. The third-order valence-corrected chi connectivity index (χ3v) is 9.94. The molecule has 0 radical (unpaired) electrons. The van der Waals surface area contributed by atoms with Crippen LogP contribution in [-0.4, -0.2) is 39.8 Å². The van der Waals surface area contributed by atoms with E-state index in [1.807, 2.05) is 13.0 Å². The number of hydrogen-bond donors (Lipinski definition) is 0. The van der Waals surface area contributed by atoms with Crippen molar-refractivity contribution in [3.05, 3.63) is 23.8 Å². The highest BCUT2D eigenvalue weighted by molar-refractivity contribution is 6.73. The molecule has 0 saturated carbocycles. The number of aldehydes is 1. The summed E-state index contributed by atoms with van der Waals surface area (Å²) in [4.78, 5) is 10.7. The normalized spacial score (nSPS) is 30.8. The van der Waals surface area contributed by atoms with Crippen LogP contribution in [0, 0.1) is 0 Å². The zero-order valence-corrected chi connectivity index (χ0v) is 17.1. The molecule has 0 N–H and O–H groups in total. The van der Waals surface area contributed by atoms with Crippen LogP contribution in [0.2, 0.25) is 10.1 Å². The predicted molar refractivity (Wildman–Crippen MR) is 98.2 cm³/mol. The lowest BCUT2D eigenvalue weighted by Crippen LogP contribution is -2.65. The molecule has 2 aliphatic heterocycles. The molecule has 0 aromatic heterocycles. The molecule has 136 valence electrons. The van der Waals surface area contributed by atoms with E-state index in [0.717, 1.165) is 11.9 Å². The Morgan fingerprint density at radius 2 is 1.79 bits per heavy atom. The minimum Gasteiger partial charge on any atom is -0.391 e. The fourth-order valence-corrected chi connectivity index (χ4v) is 8.68. The fourth-order valence-electron chi connectivity index (χ4n) is 3.77. The lowest BCUT2D eigenvalue weighted by Gasteiger charge is -2.55. The maximum atomic E-state index is 10.7. The van der Waals surface area contributed by atoms with Crippen molar-refractivity contribution in [3.63, 3.8) is 0 Å². The molecule has 3 atom stereocenters. The summed E-state index contributed by atoms with van der Waals surface area (Å²) in [6.45, 7) is 15.7. The van der Waals surface area contributed by atoms with Crippen LogP contribution >= 0.6 is 0 Å². The van der Waals surface area contributed by atoms with Crippen molar-refractivity contribution in [2.75, 3.05) is 6.61 Å². The predicted octanol–water partition coefficient (Wildman–Crippen LogP) is 4.30. The van der Waals surface area contributed by atoms with E-state index in [1.165, 1.54) is 0 Å². The summed E-state index contributed by atoms with van der Waals surface area (Å²) >= 11 is 0. The van der Waals surface area contributed by atoms with Gasteiger partial charge in [-0.3, -0.25) is 4.79 Å². The highest BCUT2D eigenvalue weighted by atomic mass is 28.4. The van der Waals surface area contributed by atoms with E-state index >= 15 is 0 Å². The third-order valence-electron chi connectivity index (χ3n) is 4.82. The quantitative estimate of drug-likeness (QED) is 0.329. The van der Waals surface area contributed by atoms with Gasteiger partial charge in [-0.25, -0.2) is 0 Å². The molecule has 1 fully saturated rings. The largest absolute Gasteiger partial charge is 0.391 e. The van der Waals surface area contributed by atoms with Gasteiger partial charge in [-0.1, -0.05) is 59.8 Å². The van der Waals surface area contributed by atoms with E-state index in [1.54, 1.807) is 0 Å². The minimum atomic E-state index is -2.45. The van der Waals surface area contributed by atoms with E-state index in [0.29, 0.717) is 13.0 Å². The number of rotatable bonds is 3. The van der Waals surface area contributed by atoms with Crippen molar-refractivity contribution < 1.29 is 18.4 Å². The number of ether oxygens (including phenoxy) is 1. The van der Waals surface area contributed by atoms with Gasteiger partial charge in [-0.2, -0.15) is 0 Å². The highest BCUT2D eigenvalue weighted by Gasteiger charge is 2.62. The molecule has 24 heavy (non-hydrogen) atoms. The topological polar surface area (TPSA) is 44.8 Å². The summed E-state index contributed by atoms with van der Waals surface area (Å²) < 4.78 is 19.2. The molecule has 0 spiro atoms. The Morgan fingerprint density at radius 1 is 1.17 bits per heavy atom. The van der Waals surface area contributed by atoms with Crippen LogP contribution < -0.4 is 0 Å². The Hall–Kier alpha value is -0.753. The van der Waals surface area contributed by atoms with E-state index in [2.05, 4.69) is 53.7 Å². The van der Waals surface area contributed by atoms with Crippen LogP contribution in [0.25, 0.3) is 0 Å². The molecular weight excluding hydrogens is 320 g/mol. The van der Waals surface area contributed by atoms with Gasteiger partial charge >= 0.3 is 8.56 Å². The van der Waals surface area contributed by atoms with Crippen LogP contribution in [0.15, 0.2) is 23.8 Å². The number of carbonyl (C=O) groups excluding carboxylic acids is 1. The molecule has 0 aromatic rings. The second kappa shape index (κ2) is 6.87. The number of allylic oxidation sites excluding steroid dienone is 1. The van der Waals surface area contributed by atoms with Crippen molar-refractivity contribution in [2.24, 2.45) is 0 Å². The van der Waals surface area contributed by atoms with Crippen LogP contribution in [0.4, 0.5) is 0 Å². The van der Waals surface area contributed by atoms with Gasteiger partial charge < -0.3 is 13.6 Å². The summed E-state index contributed by atoms with van der Waals surface area (Å²) in [6.07, 6.45) is 7.53. The van der Waals surface area contributed by atoms with Crippen LogP contribution in [0.5, 0.6) is 0 Å². The first-order valence-corrected chi connectivity index (χ1v) is 10.6. The Morgan fingerprint density at radius 3 is 2.33 bits per heavy atom. The van der Waals surface area contributed by atoms with E-state index in [9.17, 15) is 4.79 Å². The molecule has 0 aromatic carbocycles. The number of fused-ring (bicyclic) bond motifs is 1. The lowest BCUT2D eigenvalue weighted by molar-refractivity contribution is -0.115. The van der Waals surface area contributed by atoms with Gasteiger partial charge in [0.2, 0.25) is 0 Å². The molecule has 5 heteroatoms. The lowest BCUT2D eigenvalue weighted by atomic mass is 10.1. The Kier molecular flexibility index (Phi) is 5.60. The van der Waals surface area contributed by atoms with Gasteiger partial charge in [0.05, 0.1) is 18.8 Å². The number of carbonyl (C=O) groups is 1. The first kappa shape index (κ1) is 19.6. The zero-order chi connectivity index (χ0) is 18.2. The molecule has 0 aliphatic carbocycles. The molecule has 2 aliphatic rings. The first-order valence-electron chi connectivity index (χ1n) is 8.78. The van der Waals surface area contributed by atoms with Crippen molar-refractivity contribution in [1.82, 2.24) is 0 Å². The van der Waals surface area contributed by atoms with Gasteiger partial charge in [0.1, 0.15) is 12.4 Å². The first-order chi connectivity index (χ1) is 11.0. The van der Waals surface area contributed by atoms with Crippen LogP contribution in [-0.2, 0) is 18.4 Å². The standard InChI is InChI=1S/C19H32O4Si/c1-14(12-20)8-9-15-10-11-16-17(22-15)13-21-24(23-16,18(2,3)4)19(5,6)7/h8,10-12,15-17H,9,13H2,1-7H3/b14-8+/t15-,16-,17+/m0/s1. The molecule has 0 bridgehead atoms. The fraction of sp³-hybridized carbons (Fsp3) is 0.737. The average Bonchev–Trinajstić information content (AvgIpc) is 2.49. The van der Waals surface area contributed by atoms with Gasteiger partial charge in [0.25, 0.3) is 0 Å². The summed E-state index contributed by atoms with van der Waals surface area (Å²) in [5, 5.41) is -0.0462. The molecule has 1 saturated heterocycles. The second-order valence-corrected chi connectivity index (χ2v) is 13.7. The van der Waals surface area contributed by atoms with Crippen molar-refractivity contribution in [3.8, 4) is 0 Å². The second-order valence-electron chi connectivity index (χ2n) is 8.91. The molecule has 4 nitrogen and oxygen atoms in total. The highest BCUT2D eigenvalue weighted by Crippen LogP contribution is 2.54. The average molecular weight is 353 g/mol. The zero-order valence-electron chi connectivity index (χ0n) is 16.1. The van der Waals surface area contributed by atoms with E-state index in [-0.39, 0.29) is 28.4 Å². The van der Waals surface area contributed by atoms with Gasteiger partial charge in [-0.15, -0.1) is 0 Å². The minimum absolute atomic E-state index is 0.0215. The molecule has 2 rings (SSSR count). The summed E-state index contributed by atoms with van der Waals surface area (Å²) in [7, 11) is -2.45. The molecule has 2 heterocycles. The van der Waals surface area contributed by atoms with E-state index < -0.39 is 8.56 Å². The molecule has 0 amide bonds.